The first-order valence-corrected chi connectivity index (χ1v) is 10.7. The number of aromatic nitrogens is 1. The lowest BCUT2D eigenvalue weighted by Gasteiger charge is -2.19. The van der Waals surface area contributed by atoms with Crippen LogP contribution in [0.15, 0.2) is 66.7 Å². The van der Waals surface area contributed by atoms with Crippen molar-refractivity contribution in [3.63, 3.8) is 0 Å². The molecular weight excluding hydrogens is 408 g/mol. The molecular formula is C25H22N2O3S. The summed E-state index contributed by atoms with van der Waals surface area (Å²) in [6, 6.07) is 21.0. The van der Waals surface area contributed by atoms with Gasteiger partial charge >= 0.3 is 5.97 Å². The number of fused-ring (bicyclic) bond motifs is 1. The van der Waals surface area contributed by atoms with E-state index < -0.39 is 5.97 Å². The fourth-order valence-corrected chi connectivity index (χ4v) is 4.22. The molecule has 156 valence electrons. The lowest BCUT2D eigenvalue weighted by molar-refractivity contribution is 0.0696. The van der Waals surface area contributed by atoms with Crippen LogP contribution in [0.1, 0.15) is 46.5 Å². The largest absolute Gasteiger partial charge is 0.476 e. The molecule has 3 aromatic carbocycles. The second-order valence-electron chi connectivity index (χ2n) is 8.33. The van der Waals surface area contributed by atoms with Crippen LogP contribution in [0.3, 0.4) is 0 Å². The van der Waals surface area contributed by atoms with E-state index in [9.17, 15) is 9.59 Å². The zero-order valence-electron chi connectivity index (χ0n) is 17.5. The number of aromatic carboxylic acids is 1. The predicted octanol–water partition coefficient (Wildman–Crippen LogP) is 6.21. The van der Waals surface area contributed by atoms with Crippen molar-refractivity contribution in [3.8, 4) is 11.1 Å². The van der Waals surface area contributed by atoms with Gasteiger partial charge in [-0.1, -0.05) is 63.2 Å². The Morgan fingerprint density at radius 3 is 2.35 bits per heavy atom. The summed E-state index contributed by atoms with van der Waals surface area (Å²) in [5, 5.41) is 12.1. The van der Waals surface area contributed by atoms with E-state index in [1.807, 2.05) is 30.3 Å². The van der Waals surface area contributed by atoms with Crippen LogP contribution < -0.4 is 5.32 Å². The molecule has 1 heterocycles. The first kappa shape index (κ1) is 20.8. The van der Waals surface area contributed by atoms with Gasteiger partial charge in [-0.2, -0.15) is 0 Å². The van der Waals surface area contributed by atoms with Crippen molar-refractivity contribution in [3.05, 3.63) is 82.9 Å². The van der Waals surface area contributed by atoms with E-state index in [0.717, 1.165) is 22.5 Å². The maximum Gasteiger partial charge on any atom is 0.365 e. The number of thiazole rings is 1. The van der Waals surface area contributed by atoms with Gasteiger partial charge in [-0.05, 0) is 46.4 Å². The van der Waals surface area contributed by atoms with Crippen molar-refractivity contribution < 1.29 is 14.7 Å². The Hall–Kier alpha value is -3.51. The highest BCUT2D eigenvalue weighted by Gasteiger charge is 2.17. The lowest BCUT2D eigenvalue weighted by Crippen LogP contribution is -2.13. The van der Waals surface area contributed by atoms with Crippen molar-refractivity contribution in [2.45, 2.75) is 26.2 Å². The fourth-order valence-electron chi connectivity index (χ4n) is 3.37. The smallest absolute Gasteiger partial charge is 0.365 e. The number of nitrogens with one attached hydrogen (secondary N) is 1. The van der Waals surface area contributed by atoms with Crippen molar-refractivity contribution in [1.82, 2.24) is 4.98 Å². The van der Waals surface area contributed by atoms with Gasteiger partial charge in [-0.25, -0.2) is 9.78 Å². The van der Waals surface area contributed by atoms with E-state index in [2.05, 4.69) is 43.2 Å². The van der Waals surface area contributed by atoms with Crippen molar-refractivity contribution in [1.29, 1.82) is 0 Å². The maximum absolute atomic E-state index is 13.1. The third kappa shape index (κ3) is 4.34. The van der Waals surface area contributed by atoms with Crippen LogP contribution in [-0.4, -0.2) is 22.0 Å². The quantitative estimate of drug-likeness (QED) is 0.403. The number of benzene rings is 3. The van der Waals surface area contributed by atoms with Crippen LogP contribution in [0.4, 0.5) is 5.69 Å². The molecule has 0 fully saturated rings. The van der Waals surface area contributed by atoms with Crippen LogP contribution in [-0.2, 0) is 5.41 Å². The minimum atomic E-state index is -1.06. The third-order valence-electron chi connectivity index (χ3n) is 5.06. The molecule has 4 aromatic rings. The molecule has 6 heteroatoms. The molecule has 1 amide bonds. The number of anilines is 1. The summed E-state index contributed by atoms with van der Waals surface area (Å²) >= 11 is 1.08. The monoisotopic (exact) mass is 430 g/mol. The second kappa shape index (κ2) is 7.96. The van der Waals surface area contributed by atoms with Crippen LogP contribution >= 0.6 is 11.3 Å². The highest BCUT2D eigenvalue weighted by molar-refractivity contribution is 7.20. The number of nitrogens with zero attached hydrogens (tertiary/aromatic N) is 1. The molecule has 0 spiro atoms. The molecule has 5 nitrogen and oxygen atoms in total. The Balaban J connectivity index is 1.62. The second-order valence-corrected chi connectivity index (χ2v) is 9.36. The number of amides is 1. The van der Waals surface area contributed by atoms with Crippen LogP contribution in [0, 0.1) is 0 Å². The Kier molecular flexibility index (Phi) is 5.33. The molecule has 1 aromatic heterocycles. The molecule has 0 radical (unpaired) electrons. The van der Waals surface area contributed by atoms with E-state index in [1.54, 1.807) is 24.3 Å². The minimum Gasteiger partial charge on any atom is -0.476 e. The fraction of sp³-hybridized carbons (Fsp3) is 0.160. The first-order chi connectivity index (χ1) is 14.7. The summed E-state index contributed by atoms with van der Waals surface area (Å²) < 4.78 is 0.709. The summed E-state index contributed by atoms with van der Waals surface area (Å²) in [4.78, 5) is 28.3. The molecule has 0 aliphatic heterocycles. The van der Waals surface area contributed by atoms with Crippen molar-refractivity contribution in [2.24, 2.45) is 0 Å². The van der Waals surface area contributed by atoms with Crippen LogP contribution in [0.2, 0.25) is 0 Å². The molecule has 0 aliphatic carbocycles. The first-order valence-electron chi connectivity index (χ1n) is 9.87. The van der Waals surface area contributed by atoms with E-state index in [0.29, 0.717) is 21.5 Å². The molecule has 0 atom stereocenters. The molecule has 4 rings (SSSR count). The van der Waals surface area contributed by atoms with Gasteiger partial charge < -0.3 is 10.4 Å². The molecule has 0 saturated carbocycles. The Bertz CT molecular complexity index is 1280. The maximum atomic E-state index is 13.1. The van der Waals surface area contributed by atoms with E-state index >= 15 is 0 Å². The predicted molar refractivity (Wildman–Crippen MR) is 125 cm³/mol. The molecule has 0 saturated heterocycles. The van der Waals surface area contributed by atoms with Crippen molar-refractivity contribution in [2.75, 3.05) is 5.32 Å². The standard InChI is InChI=1S/C25H22N2O3S/c1-25(2,3)16-10-8-15(9-11-16)18-6-4-5-7-19(18)22(28)26-17-12-13-20-21(14-17)31-23(27-20)24(29)30/h4-14H,1-3H3,(H,26,28)(H,29,30). The molecule has 31 heavy (non-hydrogen) atoms. The van der Waals surface area contributed by atoms with Gasteiger partial charge in [-0.3, -0.25) is 4.79 Å². The topological polar surface area (TPSA) is 79.3 Å². The number of hydrogen-bond donors (Lipinski definition) is 2. The van der Waals surface area contributed by atoms with Gasteiger partial charge in [0.25, 0.3) is 5.91 Å². The van der Waals surface area contributed by atoms with E-state index in [-0.39, 0.29) is 16.3 Å². The van der Waals surface area contributed by atoms with E-state index in [1.165, 1.54) is 5.56 Å². The molecule has 0 aliphatic rings. The summed E-state index contributed by atoms with van der Waals surface area (Å²) in [6.07, 6.45) is 0. The van der Waals surface area contributed by atoms with Gasteiger partial charge in [0.15, 0.2) is 0 Å². The lowest BCUT2D eigenvalue weighted by atomic mass is 9.86. The summed E-state index contributed by atoms with van der Waals surface area (Å²) in [6.45, 7) is 6.51. The van der Waals surface area contributed by atoms with Crippen molar-refractivity contribution >= 4 is 39.1 Å². The number of rotatable bonds is 4. The van der Waals surface area contributed by atoms with Gasteiger partial charge in [0.1, 0.15) is 0 Å². The summed E-state index contributed by atoms with van der Waals surface area (Å²) in [7, 11) is 0. The highest BCUT2D eigenvalue weighted by Crippen LogP contribution is 2.29. The normalized spacial score (nSPS) is 11.5. The average molecular weight is 431 g/mol. The van der Waals surface area contributed by atoms with Gasteiger partial charge in [-0.15, -0.1) is 11.3 Å². The molecule has 0 unspecified atom stereocenters. The minimum absolute atomic E-state index is 0.0301. The van der Waals surface area contributed by atoms with Crippen LogP contribution in [0.5, 0.6) is 0 Å². The van der Waals surface area contributed by atoms with E-state index in [4.69, 9.17) is 5.11 Å². The number of carboxylic acids is 1. The Labute approximate surface area is 184 Å². The Morgan fingerprint density at radius 1 is 0.968 bits per heavy atom. The number of hydrogen-bond acceptors (Lipinski definition) is 4. The van der Waals surface area contributed by atoms with Gasteiger partial charge in [0.2, 0.25) is 5.01 Å². The highest BCUT2D eigenvalue weighted by atomic mass is 32.1. The van der Waals surface area contributed by atoms with Gasteiger partial charge in [0, 0.05) is 11.3 Å². The molecule has 2 N–H and O–H groups in total. The van der Waals surface area contributed by atoms with Crippen LogP contribution in [0.25, 0.3) is 21.3 Å². The average Bonchev–Trinajstić information content (AvgIpc) is 3.17. The number of carboxylic acid groups (broad SMARTS) is 1. The Morgan fingerprint density at radius 2 is 1.68 bits per heavy atom. The summed E-state index contributed by atoms with van der Waals surface area (Å²) in [5.74, 6) is -1.28. The third-order valence-corrected chi connectivity index (χ3v) is 6.07. The zero-order valence-corrected chi connectivity index (χ0v) is 18.3. The SMILES string of the molecule is CC(C)(C)c1ccc(-c2ccccc2C(=O)Nc2ccc3nc(C(=O)O)sc3c2)cc1. The number of carbonyl (C=O) groups is 2. The number of carbonyl (C=O) groups excluding carboxylic acids is 1. The summed E-state index contributed by atoms with van der Waals surface area (Å²) in [5.41, 5.74) is 4.88. The van der Waals surface area contributed by atoms with Gasteiger partial charge in [0.05, 0.1) is 10.2 Å². The molecule has 0 bridgehead atoms. The zero-order chi connectivity index (χ0) is 22.2.